The lowest BCUT2D eigenvalue weighted by atomic mass is 9.96. The van der Waals surface area contributed by atoms with Gasteiger partial charge in [0.25, 0.3) is 16.1 Å². The summed E-state index contributed by atoms with van der Waals surface area (Å²) in [5, 5.41) is 7.65. The molecule has 4 N–H and O–H groups in total. The standard InChI is InChI=1S/C16H18N4O3S/c17-24(22,23)20-13-6-3-5-12(10-13)18-16(21)15-9-8-11-4-1-2-7-14(11)19-15/h3,5-6,8-10,20H,1-2,4,7H2,(H,18,21)(H2,17,22,23). The zero-order chi connectivity index (χ0) is 17.2. The van der Waals surface area contributed by atoms with Gasteiger partial charge in [0.1, 0.15) is 5.69 Å². The molecule has 3 rings (SSSR count). The third-order valence-electron chi connectivity index (χ3n) is 3.79. The summed E-state index contributed by atoms with van der Waals surface area (Å²) in [6, 6.07) is 9.97. The molecule has 7 nitrogen and oxygen atoms in total. The minimum Gasteiger partial charge on any atom is -0.321 e. The average molecular weight is 346 g/mol. The maximum Gasteiger partial charge on any atom is 0.296 e. The Balaban J connectivity index is 1.76. The molecule has 0 fully saturated rings. The van der Waals surface area contributed by atoms with Crippen LogP contribution in [0.25, 0.3) is 0 Å². The van der Waals surface area contributed by atoms with Crippen LogP contribution in [0.5, 0.6) is 0 Å². The lowest BCUT2D eigenvalue weighted by molar-refractivity contribution is 0.102. The van der Waals surface area contributed by atoms with Crippen LogP contribution in [0.1, 0.15) is 34.6 Å². The number of nitrogens with zero attached hydrogens (tertiary/aromatic N) is 1. The summed E-state index contributed by atoms with van der Waals surface area (Å²) in [4.78, 5) is 16.8. The van der Waals surface area contributed by atoms with Gasteiger partial charge in [-0.3, -0.25) is 9.52 Å². The summed E-state index contributed by atoms with van der Waals surface area (Å²) in [7, 11) is -3.86. The number of aromatic nitrogens is 1. The second kappa shape index (κ2) is 6.58. The first-order valence-electron chi connectivity index (χ1n) is 7.61. The van der Waals surface area contributed by atoms with E-state index >= 15 is 0 Å². The molecule has 0 aliphatic heterocycles. The van der Waals surface area contributed by atoms with Crippen LogP contribution in [-0.4, -0.2) is 19.3 Å². The van der Waals surface area contributed by atoms with Crippen LogP contribution in [0, 0.1) is 0 Å². The highest BCUT2D eigenvalue weighted by Gasteiger charge is 2.15. The second-order valence-electron chi connectivity index (χ2n) is 5.69. The maximum atomic E-state index is 12.4. The average Bonchev–Trinajstić information content (AvgIpc) is 2.53. The minimum absolute atomic E-state index is 0.272. The van der Waals surface area contributed by atoms with Crippen molar-refractivity contribution in [3.63, 3.8) is 0 Å². The van der Waals surface area contributed by atoms with Gasteiger partial charge < -0.3 is 5.32 Å². The molecule has 0 saturated carbocycles. The quantitative estimate of drug-likeness (QED) is 0.783. The highest BCUT2D eigenvalue weighted by molar-refractivity contribution is 7.90. The summed E-state index contributed by atoms with van der Waals surface area (Å²) >= 11 is 0. The summed E-state index contributed by atoms with van der Waals surface area (Å²) in [6.07, 6.45) is 4.14. The van der Waals surface area contributed by atoms with Crippen molar-refractivity contribution in [1.29, 1.82) is 0 Å². The number of benzene rings is 1. The first-order valence-corrected chi connectivity index (χ1v) is 9.16. The van der Waals surface area contributed by atoms with Crippen LogP contribution in [0.15, 0.2) is 36.4 Å². The van der Waals surface area contributed by atoms with Gasteiger partial charge in [0.15, 0.2) is 0 Å². The number of nitrogens with one attached hydrogen (secondary N) is 2. The summed E-state index contributed by atoms with van der Waals surface area (Å²) in [5.41, 5.74) is 3.26. The van der Waals surface area contributed by atoms with Crippen LogP contribution in [0.4, 0.5) is 11.4 Å². The predicted octanol–water partition coefficient (Wildman–Crippen LogP) is 1.83. The van der Waals surface area contributed by atoms with Crippen LogP contribution in [0.3, 0.4) is 0 Å². The highest BCUT2D eigenvalue weighted by Crippen LogP contribution is 2.20. The van der Waals surface area contributed by atoms with Gasteiger partial charge in [-0.05, 0) is 55.5 Å². The van der Waals surface area contributed by atoms with Crippen molar-refractivity contribution in [2.75, 3.05) is 10.0 Å². The minimum atomic E-state index is -3.86. The number of fused-ring (bicyclic) bond motifs is 1. The Hall–Kier alpha value is -2.45. The molecule has 0 bridgehead atoms. The lowest BCUT2D eigenvalue weighted by Gasteiger charge is -2.15. The molecular weight excluding hydrogens is 328 g/mol. The van der Waals surface area contributed by atoms with Crippen LogP contribution in [-0.2, 0) is 23.1 Å². The molecule has 1 heterocycles. The van der Waals surface area contributed by atoms with E-state index in [2.05, 4.69) is 15.0 Å². The second-order valence-corrected chi connectivity index (χ2v) is 6.99. The Kier molecular flexibility index (Phi) is 4.50. The Bertz CT molecular complexity index is 881. The monoisotopic (exact) mass is 346 g/mol. The van der Waals surface area contributed by atoms with Gasteiger partial charge in [0.05, 0.1) is 5.69 Å². The first kappa shape index (κ1) is 16.4. The van der Waals surface area contributed by atoms with E-state index in [1.807, 2.05) is 6.07 Å². The van der Waals surface area contributed by atoms with E-state index in [0.29, 0.717) is 11.4 Å². The normalized spacial score (nSPS) is 13.9. The molecule has 0 atom stereocenters. The summed E-state index contributed by atoms with van der Waals surface area (Å²) in [5.74, 6) is -0.337. The van der Waals surface area contributed by atoms with Gasteiger partial charge in [-0.1, -0.05) is 12.1 Å². The molecule has 2 aromatic rings. The molecule has 8 heteroatoms. The van der Waals surface area contributed by atoms with Crippen molar-refractivity contribution < 1.29 is 13.2 Å². The van der Waals surface area contributed by atoms with Gasteiger partial charge in [0.2, 0.25) is 0 Å². The van der Waals surface area contributed by atoms with Crippen LogP contribution < -0.4 is 15.2 Å². The molecule has 24 heavy (non-hydrogen) atoms. The fraction of sp³-hybridized carbons (Fsp3) is 0.250. The van der Waals surface area contributed by atoms with Gasteiger partial charge in [-0.15, -0.1) is 0 Å². The fourth-order valence-corrected chi connectivity index (χ4v) is 3.18. The zero-order valence-corrected chi connectivity index (χ0v) is 13.8. The smallest absolute Gasteiger partial charge is 0.296 e. The highest BCUT2D eigenvalue weighted by atomic mass is 32.2. The summed E-state index contributed by atoms with van der Waals surface area (Å²) in [6.45, 7) is 0. The van der Waals surface area contributed by atoms with E-state index in [0.717, 1.165) is 31.4 Å². The van der Waals surface area contributed by atoms with E-state index < -0.39 is 10.2 Å². The van der Waals surface area contributed by atoms with Gasteiger partial charge in [0, 0.05) is 11.4 Å². The van der Waals surface area contributed by atoms with Crippen LogP contribution >= 0.6 is 0 Å². The number of rotatable bonds is 4. The van der Waals surface area contributed by atoms with Gasteiger partial charge >= 0.3 is 0 Å². The Morgan fingerprint density at radius 1 is 1.08 bits per heavy atom. The van der Waals surface area contributed by atoms with Crippen molar-refractivity contribution in [2.24, 2.45) is 5.14 Å². The molecule has 0 saturated heterocycles. The Morgan fingerprint density at radius 3 is 2.62 bits per heavy atom. The number of hydrogen-bond donors (Lipinski definition) is 3. The molecule has 0 unspecified atom stereocenters. The van der Waals surface area contributed by atoms with E-state index in [1.165, 1.54) is 17.7 Å². The third kappa shape index (κ3) is 4.09. The summed E-state index contributed by atoms with van der Waals surface area (Å²) < 4.78 is 24.3. The molecule has 0 radical (unpaired) electrons. The van der Waals surface area contributed by atoms with Gasteiger partial charge in [-0.2, -0.15) is 8.42 Å². The topological polar surface area (TPSA) is 114 Å². The molecule has 1 aliphatic rings. The SMILES string of the molecule is NS(=O)(=O)Nc1cccc(NC(=O)c2ccc3c(n2)CCCC3)c1. The number of amides is 1. The molecule has 0 spiro atoms. The van der Waals surface area contributed by atoms with Crippen molar-refractivity contribution in [1.82, 2.24) is 4.98 Å². The largest absolute Gasteiger partial charge is 0.321 e. The lowest BCUT2D eigenvalue weighted by Crippen LogP contribution is -2.22. The molecule has 1 aliphatic carbocycles. The molecule has 126 valence electrons. The maximum absolute atomic E-state index is 12.4. The fourth-order valence-electron chi connectivity index (χ4n) is 2.73. The van der Waals surface area contributed by atoms with Crippen LogP contribution in [0.2, 0.25) is 0 Å². The van der Waals surface area contributed by atoms with E-state index in [9.17, 15) is 13.2 Å². The Labute approximate surface area is 140 Å². The first-order chi connectivity index (χ1) is 11.4. The van der Waals surface area contributed by atoms with E-state index in [4.69, 9.17) is 5.14 Å². The van der Waals surface area contributed by atoms with E-state index in [-0.39, 0.29) is 11.6 Å². The number of carbonyl (C=O) groups is 1. The van der Waals surface area contributed by atoms with Crippen molar-refractivity contribution >= 4 is 27.5 Å². The number of nitrogens with two attached hydrogens (primary N) is 1. The Morgan fingerprint density at radius 2 is 1.83 bits per heavy atom. The van der Waals surface area contributed by atoms with Crippen molar-refractivity contribution in [2.45, 2.75) is 25.7 Å². The predicted molar refractivity (Wildman–Crippen MR) is 92.0 cm³/mol. The molecular formula is C16H18N4O3S. The number of aryl methyl sites for hydroxylation is 2. The molecule has 1 aromatic carbocycles. The van der Waals surface area contributed by atoms with Gasteiger partial charge in [-0.25, -0.2) is 10.1 Å². The number of hydrogen-bond acceptors (Lipinski definition) is 4. The van der Waals surface area contributed by atoms with Crippen molar-refractivity contribution in [3.8, 4) is 0 Å². The number of anilines is 2. The molecule has 1 aromatic heterocycles. The van der Waals surface area contributed by atoms with Crippen molar-refractivity contribution in [3.05, 3.63) is 53.3 Å². The number of pyridine rings is 1. The number of carbonyl (C=O) groups excluding carboxylic acids is 1. The molecule has 1 amide bonds. The van der Waals surface area contributed by atoms with E-state index in [1.54, 1.807) is 18.2 Å². The zero-order valence-electron chi connectivity index (χ0n) is 13.0. The third-order valence-corrected chi connectivity index (χ3v) is 4.31.